The minimum absolute atomic E-state index is 0.193. The van der Waals surface area contributed by atoms with Gasteiger partial charge >= 0.3 is 0 Å². The van der Waals surface area contributed by atoms with Gasteiger partial charge in [-0.2, -0.15) is 0 Å². The van der Waals surface area contributed by atoms with Crippen LogP contribution >= 0.6 is 0 Å². The Morgan fingerprint density at radius 1 is 1.04 bits per heavy atom. The fraction of sp³-hybridized carbons (Fsp3) is 0.105. The van der Waals surface area contributed by atoms with Crippen molar-refractivity contribution in [3.8, 4) is 23.0 Å². The van der Waals surface area contributed by atoms with Crippen molar-refractivity contribution in [2.75, 3.05) is 12.8 Å². The van der Waals surface area contributed by atoms with E-state index in [9.17, 15) is 0 Å². The molecule has 0 aliphatic rings. The number of hydrogen-bond donors (Lipinski definition) is 1. The van der Waals surface area contributed by atoms with Crippen molar-refractivity contribution in [1.82, 2.24) is 19.9 Å². The number of nitrogens with two attached hydrogens (primary N) is 1. The molecule has 2 aromatic carbocycles. The van der Waals surface area contributed by atoms with Gasteiger partial charge in [-0.25, -0.2) is 9.61 Å². The molecular formula is C19H17N5O2. The summed E-state index contributed by atoms with van der Waals surface area (Å²) in [6.45, 7) is 0. The van der Waals surface area contributed by atoms with E-state index >= 15 is 0 Å². The predicted octanol–water partition coefficient (Wildman–Crippen LogP) is 3.10. The molecule has 7 heteroatoms. The van der Waals surface area contributed by atoms with E-state index in [1.165, 1.54) is 0 Å². The maximum Gasteiger partial charge on any atom is 0.199 e. The van der Waals surface area contributed by atoms with Crippen molar-refractivity contribution in [3.05, 3.63) is 72.1 Å². The van der Waals surface area contributed by atoms with Gasteiger partial charge in [0.05, 0.1) is 18.5 Å². The highest BCUT2D eigenvalue weighted by Crippen LogP contribution is 2.30. The fourth-order valence-electron chi connectivity index (χ4n) is 2.85. The van der Waals surface area contributed by atoms with Crippen molar-refractivity contribution in [2.45, 2.75) is 6.42 Å². The zero-order valence-electron chi connectivity index (χ0n) is 14.2. The molecule has 0 aliphatic carbocycles. The van der Waals surface area contributed by atoms with Crippen LogP contribution in [0, 0.1) is 0 Å². The van der Waals surface area contributed by atoms with Gasteiger partial charge in [-0.05, 0) is 28.0 Å². The van der Waals surface area contributed by atoms with Gasteiger partial charge in [0, 0.05) is 12.6 Å². The Labute approximate surface area is 150 Å². The number of methoxy groups -OCH3 is 1. The van der Waals surface area contributed by atoms with E-state index in [-0.39, 0.29) is 5.82 Å². The van der Waals surface area contributed by atoms with Crippen molar-refractivity contribution < 1.29 is 9.37 Å². The Hall–Kier alpha value is -3.61. The second kappa shape index (κ2) is 6.72. The minimum Gasteiger partial charge on any atom is -0.495 e. The number of ether oxygens (including phenoxy) is 1. The molecule has 2 heterocycles. The third-order valence-electron chi connectivity index (χ3n) is 4.05. The average Bonchev–Trinajstić information content (AvgIpc) is 3.28. The van der Waals surface area contributed by atoms with E-state index in [1.807, 2.05) is 53.2 Å². The highest BCUT2D eigenvalue weighted by Gasteiger charge is 2.20. The summed E-state index contributed by atoms with van der Waals surface area (Å²) in [6.07, 6.45) is 2.63. The molecule has 0 spiro atoms. The van der Waals surface area contributed by atoms with Gasteiger partial charge in [0.15, 0.2) is 17.3 Å². The molecule has 0 bridgehead atoms. The molecule has 0 saturated heterocycles. The summed E-state index contributed by atoms with van der Waals surface area (Å²) >= 11 is 0. The van der Waals surface area contributed by atoms with Crippen LogP contribution < -0.4 is 10.5 Å². The first kappa shape index (κ1) is 15.9. The second-order valence-corrected chi connectivity index (χ2v) is 5.76. The molecule has 0 atom stereocenters. The number of imidazole rings is 1. The summed E-state index contributed by atoms with van der Waals surface area (Å²) in [6, 6.07) is 17.8. The number of aromatic nitrogens is 4. The monoisotopic (exact) mass is 347 g/mol. The predicted molar refractivity (Wildman–Crippen MR) is 97.1 cm³/mol. The van der Waals surface area contributed by atoms with E-state index < -0.39 is 0 Å². The number of para-hydroxylation sites is 2. The molecule has 4 aromatic rings. The molecule has 0 radical (unpaired) electrons. The topological polar surface area (TPSA) is 92.0 Å². The number of rotatable bonds is 5. The Morgan fingerprint density at radius 3 is 2.54 bits per heavy atom. The summed E-state index contributed by atoms with van der Waals surface area (Å²) in [5, 5.41) is 7.58. The molecular weight excluding hydrogens is 330 g/mol. The van der Waals surface area contributed by atoms with Crippen molar-refractivity contribution in [2.24, 2.45) is 0 Å². The molecule has 2 N–H and O–H groups in total. The molecule has 0 amide bonds. The largest absolute Gasteiger partial charge is 0.495 e. The summed E-state index contributed by atoms with van der Waals surface area (Å²) in [5.74, 6) is 1.46. The van der Waals surface area contributed by atoms with Crippen LogP contribution in [0.2, 0.25) is 0 Å². The third-order valence-corrected chi connectivity index (χ3v) is 4.05. The first-order valence-electron chi connectivity index (χ1n) is 8.10. The van der Waals surface area contributed by atoms with Gasteiger partial charge in [-0.3, -0.25) is 4.57 Å². The first-order chi connectivity index (χ1) is 12.8. The van der Waals surface area contributed by atoms with E-state index in [1.54, 1.807) is 7.11 Å². The standard InChI is InChI=1S/C19H17N5O2/c1-25-16-10-6-5-9-15(16)24-12-14(11-13-7-3-2-4-8-13)21-19(24)17-18(20)23-26-22-17/h2-10,12H,11H2,1H3,(H2,20,23). The Balaban J connectivity index is 1.85. The normalized spacial score (nSPS) is 10.8. The van der Waals surface area contributed by atoms with Crippen LogP contribution in [0.1, 0.15) is 11.3 Å². The maximum absolute atomic E-state index is 5.90. The van der Waals surface area contributed by atoms with Gasteiger partial charge in [-0.1, -0.05) is 42.5 Å². The van der Waals surface area contributed by atoms with E-state index in [0.717, 1.165) is 16.9 Å². The SMILES string of the molecule is COc1ccccc1-n1cc(Cc2ccccc2)nc1-c1nonc1N. The molecule has 0 aliphatic heterocycles. The molecule has 0 unspecified atom stereocenters. The van der Waals surface area contributed by atoms with Crippen LogP contribution in [0.15, 0.2) is 65.4 Å². The quantitative estimate of drug-likeness (QED) is 0.596. The van der Waals surface area contributed by atoms with Crippen molar-refractivity contribution in [1.29, 1.82) is 0 Å². The smallest absolute Gasteiger partial charge is 0.199 e. The van der Waals surface area contributed by atoms with Crippen LogP contribution in [-0.4, -0.2) is 27.0 Å². The van der Waals surface area contributed by atoms with E-state index in [0.29, 0.717) is 23.7 Å². The van der Waals surface area contributed by atoms with Crippen LogP contribution in [-0.2, 0) is 6.42 Å². The molecule has 2 aromatic heterocycles. The zero-order chi connectivity index (χ0) is 17.9. The van der Waals surface area contributed by atoms with Crippen molar-refractivity contribution >= 4 is 5.82 Å². The summed E-state index contributed by atoms with van der Waals surface area (Å²) in [7, 11) is 1.63. The number of anilines is 1. The molecule has 130 valence electrons. The lowest BCUT2D eigenvalue weighted by Gasteiger charge is -2.10. The summed E-state index contributed by atoms with van der Waals surface area (Å²) < 4.78 is 12.2. The fourth-order valence-corrected chi connectivity index (χ4v) is 2.85. The van der Waals surface area contributed by atoms with E-state index in [2.05, 4.69) is 22.4 Å². The molecule has 0 fully saturated rings. The van der Waals surface area contributed by atoms with Crippen LogP contribution in [0.5, 0.6) is 5.75 Å². The number of nitrogen functional groups attached to an aromatic ring is 1. The third kappa shape index (κ3) is 2.90. The Morgan fingerprint density at radius 2 is 1.81 bits per heavy atom. The maximum atomic E-state index is 5.90. The molecule has 26 heavy (non-hydrogen) atoms. The summed E-state index contributed by atoms with van der Waals surface area (Å²) in [5.41, 5.74) is 9.17. The van der Waals surface area contributed by atoms with Crippen LogP contribution in [0.3, 0.4) is 0 Å². The number of benzene rings is 2. The molecule has 0 saturated carbocycles. The molecule has 4 rings (SSSR count). The Kier molecular flexibility index (Phi) is 4.10. The lowest BCUT2D eigenvalue weighted by molar-refractivity contribution is 0.310. The highest BCUT2D eigenvalue weighted by molar-refractivity contribution is 5.66. The number of hydrogen-bond acceptors (Lipinski definition) is 6. The lowest BCUT2D eigenvalue weighted by Crippen LogP contribution is -2.01. The van der Waals surface area contributed by atoms with E-state index in [4.69, 9.17) is 20.1 Å². The lowest BCUT2D eigenvalue weighted by atomic mass is 10.1. The minimum atomic E-state index is 0.193. The zero-order valence-corrected chi connectivity index (χ0v) is 14.2. The second-order valence-electron chi connectivity index (χ2n) is 5.76. The Bertz CT molecular complexity index is 1020. The van der Waals surface area contributed by atoms with Gasteiger partial charge in [0.1, 0.15) is 5.75 Å². The highest BCUT2D eigenvalue weighted by atomic mass is 16.6. The van der Waals surface area contributed by atoms with Crippen LogP contribution in [0.4, 0.5) is 5.82 Å². The molecule has 7 nitrogen and oxygen atoms in total. The van der Waals surface area contributed by atoms with Crippen LogP contribution in [0.25, 0.3) is 17.2 Å². The summed E-state index contributed by atoms with van der Waals surface area (Å²) in [4.78, 5) is 4.73. The average molecular weight is 347 g/mol. The number of nitrogens with zero attached hydrogens (tertiary/aromatic N) is 4. The van der Waals surface area contributed by atoms with Crippen molar-refractivity contribution in [3.63, 3.8) is 0 Å². The van der Waals surface area contributed by atoms with Gasteiger partial charge in [-0.15, -0.1) is 0 Å². The van der Waals surface area contributed by atoms with Gasteiger partial charge in [0.25, 0.3) is 0 Å². The van der Waals surface area contributed by atoms with Gasteiger partial charge in [0.2, 0.25) is 0 Å². The first-order valence-corrected chi connectivity index (χ1v) is 8.10. The van der Waals surface area contributed by atoms with Gasteiger partial charge < -0.3 is 10.5 Å².